The molecule has 2 rings (SSSR count). The number of nitrogens with zero attached hydrogens (tertiary/aromatic N) is 1. The molecule has 2 unspecified atom stereocenters. The average Bonchev–Trinajstić information content (AvgIpc) is 2.82. The van der Waals surface area contributed by atoms with Gasteiger partial charge in [0.25, 0.3) is 0 Å². The van der Waals surface area contributed by atoms with Gasteiger partial charge in [-0.15, -0.1) is 0 Å². The molecule has 14 nitrogen and oxygen atoms in total. The Labute approximate surface area is 217 Å². The summed E-state index contributed by atoms with van der Waals surface area (Å²) in [6, 6.07) is 9.91. The number of para-hydroxylation sites is 2. The number of phenolic OH excluding ortho intramolecular Hbond substituents is 2. The quantitative estimate of drug-likeness (QED) is 0.132. The highest BCUT2D eigenvalue weighted by molar-refractivity contribution is 5.77. The minimum Gasteiger partial charge on any atom is -0.508 e. The first-order chi connectivity index (χ1) is 18.0. The molecule has 2 aromatic carbocycles. The van der Waals surface area contributed by atoms with E-state index in [1.54, 1.807) is 24.3 Å². The third-order valence-corrected chi connectivity index (χ3v) is 4.97. The fourth-order valence-corrected chi connectivity index (χ4v) is 3.34. The molecule has 0 fully saturated rings. The first kappa shape index (κ1) is 31.8. The topological polar surface area (TPSA) is 243 Å². The highest BCUT2D eigenvalue weighted by Crippen LogP contribution is 2.25. The van der Waals surface area contributed by atoms with E-state index >= 15 is 0 Å². The van der Waals surface area contributed by atoms with E-state index in [0.29, 0.717) is 0 Å². The van der Waals surface area contributed by atoms with Crippen LogP contribution in [0.5, 0.6) is 11.5 Å². The number of carboxylic acid groups (broad SMARTS) is 4. The van der Waals surface area contributed by atoms with Gasteiger partial charge >= 0.3 is 23.9 Å². The molecule has 0 aromatic heterocycles. The van der Waals surface area contributed by atoms with Crippen molar-refractivity contribution in [2.75, 3.05) is 39.3 Å². The van der Waals surface area contributed by atoms with E-state index in [0.717, 1.165) is 0 Å². The molecule has 0 saturated heterocycles. The van der Waals surface area contributed by atoms with Gasteiger partial charge in [-0.1, -0.05) is 36.4 Å². The van der Waals surface area contributed by atoms with Crippen LogP contribution in [0.1, 0.15) is 23.2 Å². The Kier molecular flexibility index (Phi) is 13.8. The standard InChI is InChI=1S/C18H20N2O6.C6H12N2O4/c21-13-7-3-1-5-11(13)15(17(23)24)19-9-10-20-16(18(25)26)12-6-2-4-8-14(12)22;7-1-2-8(3-5(9)10)4-6(11)12/h1-8,15-16,19-22H,9-10H2,(H,23,24)(H,25,26);1-4,7H2,(H,9,10)(H,11,12). The number of hydrogen-bond acceptors (Lipinski definition) is 10. The Hall–Kier alpha value is -4.24. The molecular formula is C24H32N4O10. The molecule has 0 bridgehead atoms. The molecule has 0 heterocycles. The lowest BCUT2D eigenvalue weighted by Gasteiger charge is -2.19. The van der Waals surface area contributed by atoms with E-state index in [1.807, 2.05) is 0 Å². The summed E-state index contributed by atoms with van der Waals surface area (Å²) in [5, 5.41) is 60.5. The van der Waals surface area contributed by atoms with E-state index in [4.69, 9.17) is 15.9 Å². The van der Waals surface area contributed by atoms with E-state index in [1.165, 1.54) is 29.2 Å². The normalized spacial score (nSPS) is 12.2. The number of nitrogens with one attached hydrogen (secondary N) is 2. The first-order valence-corrected chi connectivity index (χ1v) is 11.3. The molecule has 2 aromatic rings. The number of aromatic hydroxyl groups is 2. The summed E-state index contributed by atoms with van der Waals surface area (Å²) in [7, 11) is 0. The van der Waals surface area contributed by atoms with Gasteiger partial charge in [-0.2, -0.15) is 0 Å². The average molecular weight is 537 g/mol. The van der Waals surface area contributed by atoms with Crippen LogP contribution in [0.25, 0.3) is 0 Å². The monoisotopic (exact) mass is 536 g/mol. The van der Waals surface area contributed by atoms with E-state index < -0.39 is 36.0 Å². The summed E-state index contributed by atoms with van der Waals surface area (Å²) in [6.45, 7) is 0.206. The van der Waals surface area contributed by atoms with Crippen LogP contribution >= 0.6 is 0 Å². The zero-order chi connectivity index (χ0) is 28.7. The van der Waals surface area contributed by atoms with Crippen molar-refractivity contribution in [2.45, 2.75) is 12.1 Å². The summed E-state index contributed by atoms with van der Waals surface area (Å²) < 4.78 is 0. The van der Waals surface area contributed by atoms with Crippen LogP contribution in [-0.4, -0.2) is 98.7 Å². The van der Waals surface area contributed by atoms with E-state index in [9.17, 15) is 39.6 Å². The van der Waals surface area contributed by atoms with Crippen molar-refractivity contribution in [3.05, 3.63) is 59.7 Å². The van der Waals surface area contributed by atoms with Crippen LogP contribution in [0.3, 0.4) is 0 Å². The van der Waals surface area contributed by atoms with Gasteiger partial charge in [-0.05, 0) is 12.1 Å². The second-order valence-corrected chi connectivity index (χ2v) is 7.86. The summed E-state index contributed by atoms with van der Waals surface area (Å²) in [5.41, 5.74) is 5.59. The molecule has 208 valence electrons. The molecule has 0 aliphatic rings. The molecule has 0 amide bonds. The van der Waals surface area contributed by atoms with Gasteiger partial charge in [0.1, 0.15) is 23.6 Å². The Bertz CT molecular complexity index is 1000. The largest absolute Gasteiger partial charge is 0.508 e. The highest BCUT2D eigenvalue weighted by Gasteiger charge is 2.24. The summed E-state index contributed by atoms with van der Waals surface area (Å²) in [6.07, 6.45) is 0. The Morgan fingerprint density at radius 3 is 1.37 bits per heavy atom. The van der Waals surface area contributed by atoms with Crippen LogP contribution in [0.15, 0.2) is 48.5 Å². The van der Waals surface area contributed by atoms with Gasteiger partial charge in [0.15, 0.2) is 0 Å². The van der Waals surface area contributed by atoms with Gasteiger partial charge in [0.2, 0.25) is 0 Å². The number of benzene rings is 2. The van der Waals surface area contributed by atoms with Gasteiger partial charge in [-0.25, -0.2) is 0 Å². The van der Waals surface area contributed by atoms with Gasteiger partial charge in [-0.3, -0.25) is 34.7 Å². The number of aliphatic carboxylic acids is 4. The van der Waals surface area contributed by atoms with Crippen molar-refractivity contribution >= 4 is 23.9 Å². The lowest BCUT2D eigenvalue weighted by Crippen LogP contribution is -2.37. The van der Waals surface area contributed by atoms with Crippen LogP contribution in [0, 0.1) is 0 Å². The molecule has 0 radical (unpaired) electrons. The molecule has 0 saturated carbocycles. The van der Waals surface area contributed by atoms with Gasteiger partial charge in [0.05, 0.1) is 13.1 Å². The molecule has 0 spiro atoms. The van der Waals surface area contributed by atoms with Gasteiger partial charge in [0, 0.05) is 37.3 Å². The molecule has 0 aliphatic carbocycles. The van der Waals surface area contributed by atoms with E-state index in [-0.39, 0.29) is 61.9 Å². The fourth-order valence-electron chi connectivity index (χ4n) is 3.34. The van der Waals surface area contributed by atoms with Crippen molar-refractivity contribution in [3.63, 3.8) is 0 Å². The maximum atomic E-state index is 11.4. The molecule has 2 atom stereocenters. The Morgan fingerprint density at radius 1 is 0.711 bits per heavy atom. The second-order valence-electron chi connectivity index (χ2n) is 7.86. The van der Waals surface area contributed by atoms with Crippen molar-refractivity contribution in [3.8, 4) is 11.5 Å². The predicted molar refractivity (Wildman–Crippen MR) is 134 cm³/mol. The molecule has 10 N–H and O–H groups in total. The number of nitrogens with two attached hydrogens (primary N) is 1. The number of carbonyl (C=O) groups is 4. The zero-order valence-electron chi connectivity index (χ0n) is 20.4. The minimum atomic E-state index is -1.16. The van der Waals surface area contributed by atoms with Crippen molar-refractivity contribution in [1.29, 1.82) is 0 Å². The maximum Gasteiger partial charge on any atom is 0.325 e. The third-order valence-electron chi connectivity index (χ3n) is 4.97. The predicted octanol–water partition coefficient (Wildman–Crippen LogP) is -0.355. The van der Waals surface area contributed by atoms with Crippen LogP contribution in [-0.2, 0) is 19.2 Å². The van der Waals surface area contributed by atoms with Crippen LogP contribution in [0.4, 0.5) is 0 Å². The molecule has 0 aliphatic heterocycles. The SMILES string of the molecule is NCCN(CC(=O)O)CC(=O)O.O=C(O)C(NCCNC(C(=O)O)c1ccccc1O)c1ccccc1O. The van der Waals surface area contributed by atoms with Gasteiger partial charge < -0.3 is 36.4 Å². The second kappa shape index (κ2) is 16.5. The maximum absolute atomic E-state index is 11.4. The Morgan fingerprint density at radius 2 is 1.08 bits per heavy atom. The van der Waals surface area contributed by atoms with Crippen LogP contribution < -0.4 is 16.4 Å². The van der Waals surface area contributed by atoms with Crippen molar-refractivity contribution in [2.24, 2.45) is 5.73 Å². The summed E-state index contributed by atoms with van der Waals surface area (Å²) in [5.74, 6) is -4.71. The summed E-state index contributed by atoms with van der Waals surface area (Å²) >= 11 is 0. The van der Waals surface area contributed by atoms with Crippen molar-refractivity contribution in [1.82, 2.24) is 15.5 Å². The number of hydrogen-bond donors (Lipinski definition) is 9. The molecule has 14 heteroatoms. The minimum absolute atomic E-state index is 0.128. The number of phenols is 2. The van der Waals surface area contributed by atoms with Crippen molar-refractivity contribution < 1.29 is 49.8 Å². The number of carboxylic acids is 4. The smallest absolute Gasteiger partial charge is 0.325 e. The lowest BCUT2D eigenvalue weighted by atomic mass is 10.1. The molecular weight excluding hydrogens is 504 g/mol. The van der Waals surface area contributed by atoms with Crippen LogP contribution in [0.2, 0.25) is 0 Å². The highest BCUT2D eigenvalue weighted by atomic mass is 16.4. The third kappa shape index (κ3) is 11.2. The lowest BCUT2D eigenvalue weighted by molar-refractivity contribution is -0.142. The Balaban J connectivity index is 0.000000508. The zero-order valence-corrected chi connectivity index (χ0v) is 20.4. The fraction of sp³-hybridized carbons (Fsp3) is 0.333. The molecule has 38 heavy (non-hydrogen) atoms. The first-order valence-electron chi connectivity index (χ1n) is 11.3. The number of rotatable bonds is 15. The summed E-state index contributed by atoms with van der Waals surface area (Å²) in [4.78, 5) is 44.5. The van der Waals surface area contributed by atoms with E-state index in [2.05, 4.69) is 10.6 Å².